The van der Waals surface area contributed by atoms with Gasteiger partial charge in [0.1, 0.15) is 0 Å². The fraction of sp³-hybridized carbons (Fsp3) is 0.900. The van der Waals surface area contributed by atoms with Gasteiger partial charge < -0.3 is 10.5 Å². The highest BCUT2D eigenvalue weighted by atomic mass is 16.5. The van der Waals surface area contributed by atoms with Crippen molar-refractivity contribution in [3.8, 4) is 0 Å². The highest BCUT2D eigenvalue weighted by Crippen LogP contribution is 2.14. The van der Waals surface area contributed by atoms with Gasteiger partial charge in [-0.2, -0.15) is 0 Å². The summed E-state index contributed by atoms with van der Waals surface area (Å²) in [5.74, 6) is 1.89. The van der Waals surface area contributed by atoms with Crippen LogP contribution in [0.25, 0.3) is 0 Å². The van der Waals surface area contributed by atoms with Gasteiger partial charge in [0, 0.05) is 25.7 Å². The Balaban J connectivity index is 2.35. The number of amidine groups is 1. The summed E-state index contributed by atoms with van der Waals surface area (Å²) in [6.45, 7) is 6.83. The molecule has 0 radical (unpaired) electrons. The Labute approximate surface area is 80.4 Å². The first kappa shape index (κ1) is 10.5. The van der Waals surface area contributed by atoms with E-state index in [1.165, 1.54) is 0 Å². The van der Waals surface area contributed by atoms with Crippen LogP contribution in [0.3, 0.4) is 0 Å². The molecule has 0 aromatic rings. The van der Waals surface area contributed by atoms with E-state index >= 15 is 0 Å². The molecule has 13 heavy (non-hydrogen) atoms. The maximum Gasteiger partial charge on any atom is 0.0970 e. The molecule has 1 heterocycles. The molecule has 1 rings (SSSR count). The summed E-state index contributed by atoms with van der Waals surface area (Å²) < 4.78 is 5.26. The molecule has 3 heteroatoms. The van der Waals surface area contributed by atoms with Gasteiger partial charge in [0.05, 0.1) is 5.84 Å². The molecule has 0 saturated carbocycles. The van der Waals surface area contributed by atoms with Crippen LogP contribution >= 0.6 is 0 Å². The van der Waals surface area contributed by atoms with Crippen molar-refractivity contribution in [3.63, 3.8) is 0 Å². The van der Waals surface area contributed by atoms with Crippen LogP contribution in [0.2, 0.25) is 0 Å². The molecule has 1 saturated heterocycles. The van der Waals surface area contributed by atoms with Crippen molar-refractivity contribution in [2.75, 3.05) is 19.8 Å². The summed E-state index contributed by atoms with van der Waals surface area (Å²) in [5.41, 5.74) is 5.89. The quantitative estimate of drug-likeness (QED) is 0.532. The predicted octanol–water partition coefficient (Wildman–Crippen LogP) is 1.43. The average Bonchev–Trinajstić information content (AvgIpc) is 2.15. The van der Waals surface area contributed by atoms with Crippen LogP contribution < -0.4 is 5.73 Å². The standard InChI is InChI=1S/C10H20N2O/c1-8(2)7-12-10(11)9-3-5-13-6-4-9/h8-9H,3-7H2,1-2H3,(H2,11,12). The largest absolute Gasteiger partial charge is 0.387 e. The van der Waals surface area contributed by atoms with E-state index < -0.39 is 0 Å². The number of rotatable bonds is 3. The van der Waals surface area contributed by atoms with Crippen LogP contribution in [0, 0.1) is 11.8 Å². The molecule has 2 N–H and O–H groups in total. The minimum Gasteiger partial charge on any atom is -0.387 e. The minimum absolute atomic E-state index is 0.465. The maximum absolute atomic E-state index is 5.89. The molecule has 0 amide bonds. The Morgan fingerprint density at radius 1 is 1.46 bits per heavy atom. The second-order valence-corrected chi connectivity index (χ2v) is 4.05. The molecule has 0 aliphatic carbocycles. The molecule has 0 bridgehead atoms. The number of hydrogen-bond acceptors (Lipinski definition) is 2. The molecular formula is C10H20N2O. The molecule has 76 valence electrons. The number of nitrogens with zero attached hydrogens (tertiary/aromatic N) is 1. The average molecular weight is 184 g/mol. The lowest BCUT2D eigenvalue weighted by Gasteiger charge is -2.21. The van der Waals surface area contributed by atoms with Gasteiger partial charge in [-0.3, -0.25) is 4.99 Å². The van der Waals surface area contributed by atoms with Crippen molar-refractivity contribution in [1.82, 2.24) is 0 Å². The van der Waals surface area contributed by atoms with Gasteiger partial charge in [-0.15, -0.1) is 0 Å². The van der Waals surface area contributed by atoms with E-state index in [0.717, 1.165) is 38.4 Å². The fourth-order valence-electron chi connectivity index (χ4n) is 1.41. The van der Waals surface area contributed by atoms with Crippen molar-refractivity contribution < 1.29 is 4.74 Å². The molecule has 3 nitrogen and oxygen atoms in total. The fourth-order valence-corrected chi connectivity index (χ4v) is 1.41. The molecule has 0 atom stereocenters. The van der Waals surface area contributed by atoms with E-state index in [9.17, 15) is 0 Å². The molecule has 0 aromatic carbocycles. The van der Waals surface area contributed by atoms with Crippen molar-refractivity contribution in [3.05, 3.63) is 0 Å². The van der Waals surface area contributed by atoms with E-state index in [1.807, 2.05) is 0 Å². The first-order chi connectivity index (χ1) is 6.20. The van der Waals surface area contributed by atoms with E-state index in [4.69, 9.17) is 10.5 Å². The third kappa shape index (κ3) is 3.77. The molecular weight excluding hydrogens is 164 g/mol. The van der Waals surface area contributed by atoms with E-state index in [-0.39, 0.29) is 0 Å². The summed E-state index contributed by atoms with van der Waals surface area (Å²) in [7, 11) is 0. The van der Waals surface area contributed by atoms with Crippen LogP contribution in [-0.2, 0) is 4.74 Å². The van der Waals surface area contributed by atoms with Gasteiger partial charge in [0.2, 0.25) is 0 Å². The van der Waals surface area contributed by atoms with E-state index in [0.29, 0.717) is 11.8 Å². The third-order valence-corrected chi connectivity index (χ3v) is 2.28. The van der Waals surface area contributed by atoms with Crippen molar-refractivity contribution in [2.24, 2.45) is 22.6 Å². The third-order valence-electron chi connectivity index (χ3n) is 2.28. The Kier molecular flexibility index (Phi) is 4.22. The monoisotopic (exact) mass is 184 g/mol. The summed E-state index contributed by atoms with van der Waals surface area (Å²) in [6, 6.07) is 0. The van der Waals surface area contributed by atoms with Crippen LogP contribution in [0.5, 0.6) is 0 Å². The Hall–Kier alpha value is -0.570. The van der Waals surface area contributed by atoms with E-state index in [2.05, 4.69) is 18.8 Å². The normalized spacial score (nSPS) is 21.0. The lowest BCUT2D eigenvalue weighted by Crippen LogP contribution is -2.30. The summed E-state index contributed by atoms with van der Waals surface area (Å²) >= 11 is 0. The molecule has 1 aliphatic heterocycles. The number of ether oxygens (including phenoxy) is 1. The van der Waals surface area contributed by atoms with Gasteiger partial charge in [0.25, 0.3) is 0 Å². The number of nitrogens with two attached hydrogens (primary N) is 1. The molecule has 0 unspecified atom stereocenters. The molecule has 0 spiro atoms. The van der Waals surface area contributed by atoms with Crippen LogP contribution in [0.4, 0.5) is 0 Å². The zero-order valence-electron chi connectivity index (χ0n) is 8.62. The first-order valence-corrected chi connectivity index (χ1v) is 5.07. The van der Waals surface area contributed by atoms with Crippen LogP contribution in [0.1, 0.15) is 26.7 Å². The number of aliphatic imine (C=N–C) groups is 1. The van der Waals surface area contributed by atoms with Crippen molar-refractivity contribution >= 4 is 5.84 Å². The molecule has 1 fully saturated rings. The zero-order valence-corrected chi connectivity index (χ0v) is 8.62. The SMILES string of the molecule is CC(C)CN=C(N)C1CCOCC1. The first-order valence-electron chi connectivity index (χ1n) is 5.07. The Bertz CT molecular complexity index is 172. The molecule has 1 aliphatic rings. The second-order valence-electron chi connectivity index (χ2n) is 4.05. The van der Waals surface area contributed by atoms with Gasteiger partial charge >= 0.3 is 0 Å². The highest BCUT2D eigenvalue weighted by Gasteiger charge is 2.16. The van der Waals surface area contributed by atoms with Crippen molar-refractivity contribution in [1.29, 1.82) is 0 Å². The van der Waals surface area contributed by atoms with Gasteiger partial charge in [0.15, 0.2) is 0 Å². The van der Waals surface area contributed by atoms with Crippen molar-refractivity contribution in [2.45, 2.75) is 26.7 Å². The highest BCUT2D eigenvalue weighted by molar-refractivity contribution is 5.82. The lowest BCUT2D eigenvalue weighted by molar-refractivity contribution is 0.0825. The second kappa shape index (κ2) is 5.22. The predicted molar refractivity (Wildman–Crippen MR) is 54.9 cm³/mol. The van der Waals surface area contributed by atoms with Gasteiger partial charge in [-0.05, 0) is 18.8 Å². The Morgan fingerprint density at radius 3 is 2.62 bits per heavy atom. The zero-order chi connectivity index (χ0) is 9.68. The topological polar surface area (TPSA) is 47.6 Å². The lowest BCUT2D eigenvalue weighted by atomic mass is 9.99. The smallest absolute Gasteiger partial charge is 0.0970 e. The van der Waals surface area contributed by atoms with E-state index in [1.54, 1.807) is 0 Å². The molecule has 0 aromatic heterocycles. The van der Waals surface area contributed by atoms with Gasteiger partial charge in [-0.25, -0.2) is 0 Å². The number of hydrogen-bond donors (Lipinski definition) is 1. The maximum atomic E-state index is 5.89. The summed E-state index contributed by atoms with van der Waals surface area (Å²) in [5, 5.41) is 0. The summed E-state index contributed by atoms with van der Waals surface area (Å²) in [6.07, 6.45) is 2.07. The van der Waals surface area contributed by atoms with Gasteiger partial charge in [-0.1, -0.05) is 13.8 Å². The Morgan fingerprint density at radius 2 is 2.08 bits per heavy atom. The van der Waals surface area contributed by atoms with Crippen LogP contribution in [-0.4, -0.2) is 25.6 Å². The summed E-state index contributed by atoms with van der Waals surface area (Å²) in [4.78, 5) is 4.39. The minimum atomic E-state index is 0.465. The van der Waals surface area contributed by atoms with Crippen LogP contribution in [0.15, 0.2) is 4.99 Å².